The van der Waals surface area contributed by atoms with E-state index in [-0.39, 0.29) is 93.8 Å². The van der Waals surface area contributed by atoms with Crippen molar-refractivity contribution in [2.24, 2.45) is 0 Å². The van der Waals surface area contributed by atoms with E-state index in [9.17, 15) is 38.0 Å². The largest absolute Gasteiger partial charge is 0.448 e. The zero-order chi connectivity index (χ0) is 56.1. The number of carbonyl (C=O) groups is 7. The fourth-order valence-corrected chi connectivity index (χ4v) is 9.25. The summed E-state index contributed by atoms with van der Waals surface area (Å²) in [6.45, 7) is 9.96. The Balaban J connectivity index is 1.07. The van der Waals surface area contributed by atoms with Crippen molar-refractivity contribution in [3.63, 3.8) is 0 Å². The molecule has 2 heterocycles. The number of aryl methyl sites for hydroxylation is 1. The number of hydrogen-bond donors (Lipinski definition) is 8. The van der Waals surface area contributed by atoms with Gasteiger partial charge in [0.15, 0.2) is 0 Å². The number of nitrogens with zero attached hydrogens (tertiary/aromatic N) is 1. The molecule has 0 saturated carbocycles. The number of amides is 7. The first-order valence-electron chi connectivity index (χ1n) is 26.5. The van der Waals surface area contributed by atoms with Crippen molar-refractivity contribution < 1.29 is 62.0 Å². The summed E-state index contributed by atoms with van der Waals surface area (Å²) in [7, 11) is 1.62. The molecule has 3 aromatic carbocycles. The molecule has 78 heavy (non-hydrogen) atoms. The van der Waals surface area contributed by atoms with Gasteiger partial charge in [0.25, 0.3) is 11.8 Å². The fraction of sp³-hybridized carbons (Fsp3) is 0.456. The van der Waals surface area contributed by atoms with Crippen molar-refractivity contribution in [1.82, 2.24) is 25.8 Å². The van der Waals surface area contributed by atoms with Crippen molar-refractivity contribution in [2.75, 3.05) is 95.4 Å². The van der Waals surface area contributed by atoms with E-state index in [1.54, 1.807) is 46.1 Å². The van der Waals surface area contributed by atoms with Crippen LogP contribution in [-0.4, -0.2) is 142 Å². The lowest BCUT2D eigenvalue weighted by molar-refractivity contribution is -0.123. The van der Waals surface area contributed by atoms with E-state index in [4.69, 9.17) is 24.1 Å². The van der Waals surface area contributed by atoms with Gasteiger partial charge in [0.1, 0.15) is 12.4 Å². The van der Waals surface area contributed by atoms with E-state index >= 15 is 0 Å². The van der Waals surface area contributed by atoms with Gasteiger partial charge in [0.2, 0.25) is 23.6 Å². The van der Waals surface area contributed by atoms with Crippen LogP contribution in [0.5, 0.6) is 0 Å². The molecule has 1 aromatic heterocycles. The van der Waals surface area contributed by atoms with Gasteiger partial charge in [-0.15, -0.1) is 0 Å². The Morgan fingerprint density at radius 2 is 1.40 bits per heavy atom. The van der Waals surface area contributed by atoms with Crippen LogP contribution >= 0.6 is 0 Å². The first-order chi connectivity index (χ1) is 37.6. The predicted octanol–water partition coefficient (Wildman–Crippen LogP) is 6.55. The smallest absolute Gasteiger partial charge is 0.409 e. The molecular weight excluding hydrogens is 1010 g/mol. The minimum Gasteiger partial charge on any atom is -0.448 e. The molecule has 7 amide bonds. The highest BCUT2D eigenvalue weighted by molar-refractivity contribution is 6.35. The second-order valence-corrected chi connectivity index (χ2v) is 19.1. The lowest BCUT2D eigenvalue weighted by Gasteiger charge is -2.22. The van der Waals surface area contributed by atoms with Crippen LogP contribution < -0.4 is 31.9 Å². The molecule has 1 aliphatic carbocycles. The van der Waals surface area contributed by atoms with Crippen LogP contribution in [0.1, 0.15) is 115 Å². The van der Waals surface area contributed by atoms with Crippen LogP contribution in [-0.2, 0) is 42.9 Å². The van der Waals surface area contributed by atoms with E-state index in [0.29, 0.717) is 104 Å². The molecular formula is C57H73FN8O12. The van der Waals surface area contributed by atoms with Gasteiger partial charge in [-0.1, -0.05) is 12.1 Å². The number of likely N-dealkylation sites (N-methyl/N-ethyl adjacent to an activating group) is 1. The minimum absolute atomic E-state index is 0.0179. The number of rotatable bonds is 31. The molecule has 8 N–H and O–H groups in total. The number of aliphatic hydroxyl groups is 1. The number of fused-ring (bicyclic) bond motifs is 4. The third-order valence-electron chi connectivity index (χ3n) is 13.3. The van der Waals surface area contributed by atoms with Gasteiger partial charge in [-0.05, 0) is 130 Å². The Labute approximate surface area is 453 Å². The van der Waals surface area contributed by atoms with Crippen LogP contribution in [0, 0.1) is 19.7 Å². The van der Waals surface area contributed by atoms with Crippen LogP contribution in [0.25, 0.3) is 22.8 Å². The maximum absolute atomic E-state index is 14.1. The maximum Gasteiger partial charge on any atom is 0.409 e. The van der Waals surface area contributed by atoms with E-state index in [0.717, 1.165) is 28.7 Å². The van der Waals surface area contributed by atoms with Crippen LogP contribution in [0.2, 0.25) is 0 Å². The maximum atomic E-state index is 14.1. The third kappa shape index (κ3) is 17.0. The Hall–Kier alpha value is -7.46. The van der Waals surface area contributed by atoms with Crippen LogP contribution in [0.15, 0.2) is 54.6 Å². The summed E-state index contributed by atoms with van der Waals surface area (Å²) in [5.74, 6) is -2.76. The first kappa shape index (κ1) is 59.8. The molecule has 1 aliphatic heterocycles. The summed E-state index contributed by atoms with van der Waals surface area (Å²) in [5, 5.41) is 26.1. The van der Waals surface area contributed by atoms with E-state index in [2.05, 4.69) is 36.9 Å². The highest BCUT2D eigenvalue weighted by Gasteiger charge is 2.32. The summed E-state index contributed by atoms with van der Waals surface area (Å²) >= 11 is 0. The average Bonchev–Trinajstić information content (AvgIpc) is 4.11. The second-order valence-electron chi connectivity index (χ2n) is 19.1. The molecule has 2 atom stereocenters. The van der Waals surface area contributed by atoms with Crippen molar-refractivity contribution >= 4 is 70.2 Å². The number of benzene rings is 3. The highest BCUT2D eigenvalue weighted by atomic mass is 19.1. The molecule has 4 aromatic rings. The number of hydrogen-bond acceptors (Lipinski definition) is 12. The molecule has 6 rings (SSSR count). The van der Waals surface area contributed by atoms with Gasteiger partial charge in [-0.25, -0.2) is 9.18 Å². The predicted molar refractivity (Wildman–Crippen MR) is 293 cm³/mol. The van der Waals surface area contributed by atoms with Gasteiger partial charge in [-0.2, -0.15) is 0 Å². The summed E-state index contributed by atoms with van der Waals surface area (Å²) in [4.78, 5) is 95.9. The normalized spacial score (nSPS) is 14.0. The summed E-state index contributed by atoms with van der Waals surface area (Å²) in [5.41, 5.74) is 7.43. The number of carbonyl (C=O) groups excluding carboxylic acids is 7. The molecule has 2 unspecified atom stereocenters. The zero-order valence-corrected chi connectivity index (χ0v) is 45.1. The van der Waals surface area contributed by atoms with Gasteiger partial charge in [0.05, 0.1) is 30.5 Å². The SMILES string of the molecule is CCN(CCNC(=O)c1c(C)[nH]c(/C=C2\C(=O)Nc3ccc(F)cc32)c1C)C(=O)OCC1c2cc(NC(=O)CCCC(=O)NCCOCCCOC)ccc2-c2ccc(NC(=O)CCCC(=O)NCCOC(C)CCO)cc21. The highest BCUT2D eigenvalue weighted by Crippen LogP contribution is 2.47. The lowest BCUT2D eigenvalue weighted by atomic mass is 9.97. The summed E-state index contributed by atoms with van der Waals surface area (Å²) < 4.78 is 36.1. The average molecular weight is 1080 g/mol. The quantitative estimate of drug-likeness (QED) is 0.0197. The van der Waals surface area contributed by atoms with Gasteiger partial charge in [0, 0.05) is 125 Å². The number of aliphatic hydroxyl groups excluding tert-OH is 1. The minimum atomic E-state index is -0.628. The number of H-pyrrole nitrogens is 1. The number of methoxy groups -OCH3 is 1. The molecule has 20 nitrogen and oxygen atoms in total. The number of halogens is 1. The van der Waals surface area contributed by atoms with Crippen LogP contribution in [0.3, 0.4) is 0 Å². The number of anilines is 3. The fourth-order valence-electron chi connectivity index (χ4n) is 9.25. The number of aromatic amines is 1. The second kappa shape index (κ2) is 29.9. The monoisotopic (exact) mass is 1080 g/mol. The molecule has 420 valence electrons. The third-order valence-corrected chi connectivity index (χ3v) is 13.3. The summed E-state index contributed by atoms with van der Waals surface area (Å²) in [6.07, 6.45) is 3.24. The number of aromatic nitrogens is 1. The van der Waals surface area contributed by atoms with Gasteiger partial charge in [-0.3, -0.25) is 28.8 Å². The Bertz CT molecular complexity index is 2810. The van der Waals surface area contributed by atoms with Crippen LogP contribution in [0.4, 0.5) is 26.2 Å². The molecule has 0 fully saturated rings. The van der Waals surface area contributed by atoms with Crippen molar-refractivity contribution in [3.05, 3.63) is 99.6 Å². The number of ether oxygens (including phenoxy) is 4. The van der Waals surface area contributed by atoms with Crippen molar-refractivity contribution in [1.29, 1.82) is 0 Å². The summed E-state index contributed by atoms with van der Waals surface area (Å²) in [6, 6.07) is 15.0. The van der Waals surface area contributed by atoms with Crippen molar-refractivity contribution in [3.8, 4) is 11.1 Å². The van der Waals surface area contributed by atoms with Crippen molar-refractivity contribution in [2.45, 2.75) is 91.1 Å². The number of nitrogens with one attached hydrogen (secondary N) is 7. The lowest BCUT2D eigenvalue weighted by Crippen LogP contribution is -2.39. The zero-order valence-electron chi connectivity index (χ0n) is 45.1. The molecule has 21 heteroatoms. The molecule has 2 aliphatic rings. The topological polar surface area (TPSA) is 268 Å². The molecule has 0 bridgehead atoms. The Morgan fingerprint density at radius 1 is 0.769 bits per heavy atom. The standard InChI is InChI=1S/C57H73FN8O12/c1-6-66(24-21-61-56(73)54-36(3)49(62-37(54)4)33-46-45-30-38(58)14-19-48(45)65-55(46)72)57(74)78-34-47-43-31-39(63-52(70)12-7-10-50(68)59-22-28-76-27-9-26-75-5)15-17-41(43)42-18-16-40(32-44(42)47)64-53(71)13-8-11-51(69)60-23-29-77-35(2)20-25-67/h14-19,30-33,35,47,62,67H,6-13,20-29,34H2,1-5H3,(H,59,68)(H,60,69)(H,61,73)(H,63,70)(H,64,71)(H,65,72)/b46-33-. The molecule has 0 saturated heterocycles. The van der Waals surface area contributed by atoms with E-state index in [1.165, 1.54) is 23.1 Å². The van der Waals surface area contributed by atoms with Gasteiger partial charge >= 0.3 is 6.09 Å². The van der Waals surface area contributed by atoms with E-state index < -0.39 is 29.6 Å². The molecule has 0 spiro atoms. The molecule has 0 radical (unpaired) electrons. The van der Waals surface area contributed by atoms with E-state index in [1.807, 2.05) is 31.2 Å². The van der Waals surface area contributed by atoms with Gasteiger partial charge < -0.3 is 65.8 Å². The Morgan fingerprint density at radius 3 is 2.01 bits per heavy atom. The first-order valence-corrected chi connectivity index (χ1v) is 26.5. The Kier molecular flexibility index (Phi) is 22.9.